The van der Waals surface area contributed by atoms with Crippen LogP contribution in [0.4, 0.5) is 13.2 Å². The zero-order valence-electron chi connectivity index (χ0n) is 17.3. The molecule has 8 heteroatoms. The lowest BCUT2D eigenvalue weighted by molar-refractivity contribution is -0.0510. The molecule has 1 heterocycles. The van der Waals surface area contributed by atoms with E-state index >= 15 is 0 Å². The average molecular weight is 452 g/mol. The number of aryl methyl sites for hydroxylation is 1. The van der Waals surface area contributed by atoms with Crippen molar-refractivity contribution in [3.05, 3.63) is 76.9 Å². The zero-order valence-corrected chi connectivity index (χ0v) is 18.1. The van der Waals surface area contributed by atoms with Crippen molar-refractivity contribution in [1.29, 1.82) is 0 Å². The first-order valence-corrected chi connectivity index (χ1v) is 11.1. The molecule has 0 aliphatic carbocycles. The fourth-order valence-electron chi connectivity index (χ4n) is 3.68. The van der Waals surface area contributed by atoms with E-state index in [-0.39, 0.29) is 0 Å². The van der Waals surface area contributed by atoms with E-state index in [1.165, 1.54) is 33.0 Å². The Morgan fingerprint density at radius 2 is 1.65 bits per heavy atom. The predicted octanol–water partition coefficient (Wildman–Crippen LogP) is 6.19. The Morgan fingerprint density at radius 3 is 2.19 bits per heavy atom. The number of hydrogen-bond acceptors (Lipinski definition) is 3. The molecule has 0 radical (unpaired) electrons. The van der Waals surface area contributed by atoms with Crippen LogP contribution >= 0.6 is 0 Å². The Hall–Kier alpha value is -2.58. The van der Waals surface area contributed by atoms with E-state index in [4.69, 9.17) is 17.7 Å². The van der Waals surface area contributed by atoms with Crippen molar-refractivity contribution in [2.45, 2.75) is 38.1 Å². The van der Waals surface area contributed by atoms with Gasteiger partial charge in [-0.25, -0.2) is 0 Å². The Morgan fingerprint density at radius 1 is 1.06 bits per heavy atom. The van der Waals surface area contributed by atoms with Gasteiger partial charge in [-0.05, 0) is 34.9 Å². The Kier molecular flexibility index (Phi) is 6.34. The molecular formula is C23H23F3O4S. The van der Waals surface area contributed by atoms with Crippen molar-refractivity contribution >= 4 is 20.9 Å². The van der Waals surface area contributed by atoms with Crippen LogP contribution in [-0.4, -0.2) is 25.1 Å². The number of alkyl halides is 3. The van der Waals surface area contributed by atoms with E-state index in [0.717, 1.165) is 12.4 Å². The first-order chi connectivity index (χ1) is 14.4. The van der Waals surface area contributed by atoms with Gasteiger partial charge in [0.1, 0.15) is 5.75 Å². The van der Waals surface area contributed by atoms with Gasteiger partial charge in [-0.15, -0.1) is 0 Å². The highest BCUT2D eigenvalue weighted by Gasteiger charge is 2.44. The van der Waals surface area contributed by atoms with Crippen molar-refractivity contribution in [3.8, 4) is 5.75 Å². The molecule has 4 nitrogen and oxygen atoms in total. The molecule has 1 unspecified atom stereocenters. The quantitative estimate of drug-likeness (QED) is 0.372. The molecule has 0 fully saturated rings. The Labute approximate surface area is 179 Å². The van der Waals surface area contributed by atoms with Gasteiger partial charge in [0, 0.05) is 16.9 Å². The second-order valence-electron chi connectivity index (χ2n) is 7.76. The second kappa shape index (κ2) is 8.51. The summed E-state index contributed by atoms with van der Waals surface area (Å²) in [6.45, 7) is 7.42. The molecule has 3 aromatic carbocycles. The smallest absolute Gasteiger partial charge is 0.492 e. The fraction of sp³-hybridized carbons (Fsp3) is 0.304. The molecule has 1 atom stereocenters. The highest BCUT2D eigenvalue weighted by Crippen LogP contribution is 2.44. The number of hydrogen-bond donors (Lipinski definition) is 1. The van der Waals surface area contributed by atoms with E-state index in [1.54, 1.807) is 0 Å². The lowest BCUT2D eigenvalue weighted by Crippen LogP contribution is -2.21. The molecule has 0 spiro atoms. The van der Waals surface area contributed by atoms with Crippen molar-refractivity contribution in [2.24, 2.45) is 0 Å². The van der Waals surface area contributed by atoms with Crippen molar-refractivity contribution in [1.82, 2.24) is 0 Å². The van der Waals surface area contributed by atoms with Crippen LogP contribution in [0.15, 0.2) is 54.6 Å². The lowest BCUT2D eigenvalue weighted by atomic mass is 9.87. The second-order valence-corrected chi connectivity index (χ2v) is 9.18. The first kappa shape index (κ1) is 23.1. The third-order valence-electron chi connectivity index (χ3n) is 5.29. The minimum atomic E-state index is -5.84. The minimum absolute atomic E-state index is 0.343. The van der Waals surface area contributed by atoms with Gasteiger partial charge in [0.2, 0.25) is 0 Å². The molecule has 0 amide bonds. The molecule has 0 saturated carbocycles. The predicted molar refractivity (Wildman–Crippen MR) is 114 cm³/mol. The maximum absolute atomic E-state index is 10.7. The molecule has 3 aromatic rings. The third-order valence-corrected chi connectivity index (χ3v) is 5.87. The number of rotatable bonds is 2. The molecule has 1 aliphatic heterocycles. The standard InChI is InChI=1S/C22H22O.CHF3O3S/c1-14(2)16-8-10-17(11-9-16)20-13-23-22-19-7-5-4-6-18(19)12-15(3)21(20)22;2-1(3,4)8(5,6)7/h4-12,14,20H,13H2,1-3H3;(H,5,6,7). The van der Waals surface area contributed by atoms with E-state index in [0.29, 0.717) is 11.8 Å². The monoisotopic (exact) mass is 452 g/mol. The maximum atomic E-state index is 10.7. The van der Waals surface area contributed by atoms with E-state index < -0.39 is 15.6 Å². The van der Waals surface area contributed by atoms with Crippen LogP contribution in [-0.2, 0) is 10.1 Å². The highest BCUT2D eigenvalue weighted by atomic mass is 32.2. The van der Waals surface area contributed by atoms with Gasteiger partial charge in [0.25, 0.3) is 0 Å². The van der Waals surface area contributed by atoms with Crippen LogP contribution in [0.2, 0.25) is 0 Å². The van der Waals surface area contributed by atoms with Crippen LogP contribution in [0.5, 0.6) is 5.75 Å². The van der Waals surface area contributed by atoms with Gasteiger partial charge < -0.3 is 4.74 Å². The highest BCUT2D eigenvalue weighted by molar-refractivity contribution is 7.86. The molecule has 4 rings (SSSR count). The van der Waals surface area contributed by atoms with Crippen LogP contribution in [0.25, 0.3) is 10.8 Å². The Balaban J connectivity index is 0.000000293. The maximum Gasteiger partial charge on any atom is 0.522 e. The topological polar surface area (TPSA) is 63.6 Å². The summed E-state index contributed by atoms with van der Waals surface area (Å²) in [5.41, 5.74) is -0.0997. The van der Waals surface area contributed by atoms with Crippen molar-refractivity contribution in [3.63, 3.8) is 0 Å². The molecule has 1 N–H and O–H groups in total. The molecule has 0 aromatic heterocycles. The largest absolute Gasteiger partial charge is 0.522 e. The van der Waals surface area contributed by atoms with E-state index in [2.05, 4.69) is 75.4 Å². The van der Waals surface area contributed by atoms with Crippen LogP contribution in [0, 0.1) is 6.92 Å². The number of benzene rings is 3. The summed E-state index contributed by atoms with van der Waals surface area (Å²) in [5, 5.41) is 2.49. The van der Waals surface area contributed by atoms with Gasteiger partial charge in [-0.1, -0.05) is 68.4 Å². The summed E-state index contributed by atoms with van der Waals surface area (Å²) >= 11 is 0. The van der Waals surface area contributed by atoms with E-state index in [9.17, 15) is 13.2 Å². The molecule has 166 valence electrons. The molecular weight excluding hydrogens is 429 g/mol. The average Bonchev–Trinajstić information content (AvgIpc) is 3.13. The SMILES string of the molecule is Cc1cc2ccccc2c2c1C(c1ccc(C(C)C)cc1)CO2.O=S(=O)(O)C(F)(F)F. The molecule has 1 aliphatic rings. The summed E-state index contributed by atoms with van der Waals surface area (Å²) in [7, 11) is -5.84. The lowest BCUT2D eigenvalue weighted by Gasteiger charge is -2.14. The zero-order chi connectivity index (χ0) is 23.0. The summed E-state index contributed by atoms with van der Waals surface area (Å²) in [6.07, 6.45) is 0. The van der Waals surface area contributed by atoms with Gasteiger partial charge in [-0.3, -0.25) is 4.55 Å². The van der Waals surface area contributed by atoms with Gasteiger partial charge in [-0.2, -0.15) is 21.6 Å². The number of fused-ring (bicyclic) bond motifs is 3. The number of ether oxygens (including phenoxy) is 1. The minimum Gasteiger partial charge on any atom is -0.492 e. The van der Waals surface area contributed by atoms with Crippen molar-refractivity contribution in [2.75, 3.05) is 6.61 Å². The molecule has 0 saturated heterocycles. The van der Waals surface area contributed by atoms with Crippen LogP contribution < -0.4 is 4.74 Å². The van der Waals surface area contributed by atoms with Crippen molar-refractivity contribution < 1.29 is 30.9 Å². The summed E-state index contributed by atoms with van der Waals surface area (Å²) < 4.78 is 63.7. The molecule has 0 bridgehead atoms. The fourth-order valence-corrected chi connectivity index (χ4v) is 3.68. The number of halogens is 3. The molecule has 31 heavy (non-hydrogen) atoms. The normalized spacial score (nSPS) is 15.9. The van der Waals surface area contributed by atoms with Crippen LogP contribution in [0.1, 0.15) is 47.9 Å². The third kappa shape index (κ3) is 4.85. The summed E-state index contributed by atoms with van der Waals surface area (Å²) in [5.74, 6) is 2.00. The van der Waals surface area contributed by atoms with Crippen LogP contribution in [0.3, 0.4) is 0 Å². The van der Waals surface area contributed by atoms with E-state index in [1.807, 2.05) is 0 Å². The van der Waals surface area contributed by atoms with Gasteiger partial charge >= 0.3 is 15.6 Å². The Bertz CT molecular complexity index is 1180. The van der Waals surface area contributed by atoms with Gasteiger partial charge in [0.15, 0.2) is 0 Å². The van der Waals surface area contributed by atoms with Gasteiger partial charge in [0.05, 0.1) is 6.61 Å². The summed E-state index contributed by atoms with van der Waals surface area (Å²) in [6, 6.07) is 19.9. The first-order valence-electron chi connectivity index (χ1n) is 9.68. The summed E-state index contributed by atoms with van der Waals surface area (Å²) in [4.78, 5) is 0.